The first-order chi connectivity index (χ1) is 8.11. The highest BCUT2D eigenvalue weighted by Gasteiger charge is 2.22. The molecule has 1 unspecified atom stereocenters. The fourth-order valence-corrected chi connectivity index (χ4v) is 1.47. The van der Waals surface area contributed by atoms with Gasteiger partial charge >= 0.3 is 0 Å². The Kier molecular flexibility index (Phi) is 5.05. The summed E-state index contributed by atoms with van der Waals surface area (Å²) < 4.78 is 12.0. The maximum atomic E-state index is 11.2. The van der Waals surface area contributed by atoms with E-state index in [1.54, 1.807) is 11.8 Å². The van der Waals surface area contributed by atoms with Crippen LogP contribution in [0.1, 0.15) is 36.1 Å². The molecule has 0 spiro atoms. The van der Waals surface area contributed by atoms with Gasteiger partial charge < -0.3 is 15.2 Å². The Hall–Kier alpha value is -1.47. The molecular weight excluding hydrogens is 224 g/mol. The molecule has 0 saturated carbocycles. The Morgan fingerprint density at radius 3 is 2.82 bits per heavy atom. The number of aromatic nitrogens is 3. The van der Waals surface area contributed by atoms with Gasteiger partial charge in [-0.15, -0.1) is 5.10 Å². The molecule has 7 heteroatoms. The molecule has 1 heterocycles. The van der Waals surface area contributed by atoms with E-state index < -0.39 is 5.91 Å². The van der Waals surface area contributed by atoms with Crippen LogP contribution in [0.25, 0.3) is 0 Å². The van der Waals surface area contributed by atoms with Gasteiger partial charge in [0, 0.05) is 13.7 Å². The van der Waals surface area contributed by atoms with E-state index in [9.17, 15) is 4.79 Å². The van der Waals surface area contributed by atoms with Gasteiger partial charge in [-0.1, -0.05) is 5.21 Å². The normalized spacial score (nSPS) is 12.6. The Morgan fingerprint density at radius 1 is 1.59 bits per heavy atom. The zero-order valence-corrected chi connectivity index (χ0v) is 10.3. The van der Waals surface area contributed by atoms with E-state index in [1.807, 2.05) is 13.8 Å². The standard InChI is InChI=1S/C10H18N4O3/c1-4-17-6-5-14-9(7(2)16-3)8(10(11)15)12-13-14/h7H,4-6H2,1-3H3,(H2,11,15). The Labute approximate surface area is 99.9 Å². The Balaban J connectivity index is 2.92. The van der Waals surface area contributed by atoms with Crippen LogP contribution in [0.15, 0.2) is 0 Å². The summed E-state index contributed by atoms with van der Waals surface area (Å²) in [6, 6.07) is 0. The maximum absolute atomic E-state index is 11.2. The molecule has 0 aliphatic heterocycles. The lowest BCUT2D eigenvalue weighted by atomic mass is 10.2. The molecule has 0 aromatic carbocycles. The van der Waals surface area contributed by atoms with Crippen LogP contribution in [0.2, 0.25) is 0 Å². The highest BCUT2D eigenvalue weighted by atomic mass is 16.5. The molecule has 2 N–H and O–H groups in total. The molecule has 1 amide bonds. The van der Waals surface area contributed by atoms with Gasteiger partial charge in [-0.25, -0.2) is 4.68 Å². The Morgan fingerprint density at radius 2 is 2.29 bits per heavy atom. The zero-order valence-electron chi connectivity index (χ0n) is 10.3. The molecule has 1 rings (SSSR count). The number of amides is 1. The van der Waals surface area contributed by atoms with Crippen molar-refractivity contribution >= 4 is 5.91 Å². The summed E-state index contributed by atoms with van der Waals surface area (Å²) in [6.45, 7) is 5.36. The summed E-state index contributed by atoms with van der Waals surface area (Å²) >= 11 is 0. The number of carbonyl (C=O) groups excluding carboxylic acids is 1. The highest BCUT2D eigenvalue weighted by molar-refractivity contribution is 5.91. The van der Waals surface area contributed by atoms with Crippen molar-refractivity contribution in [3.8, 4) is 0 Å². The molecule has 1 aromatic heterocycles. The number of nitrogens with zero attached hydrogens (tertiary/aromatic N) is 3. The van der Waals surface area contributed by atoms with Gasteiger partial charge in [0.25, 0.3) is 5.91 Å². The van der Waals surface area contributed by atoms with Crippen molar-refractivity contribution in [2.45, 2.75) is 26.5 Å². The Bertz CT molecular complexity index is 378. The highest BCUT2D eigenvalue weighted by Crippen LogP contribution is 2.18. The minimum atomic E-state index is -0.605. The molecule has 96 valence electrons. The lowest BCUT2D eigenvalue weighted by molar-refractivity contribution is 0.0943. The van der Waals surface area contributed by atoms with Crippen LogP contribution in [-0.4, -0.2) is 41.2 Å². The summed E-state index contributed by atoms with van der Waals surface area (Å²) in [5, 5.41) is 7.65. The number of ether oxygens (including phenoxy) is 2. The van der Waals surface area contributed by atoms with Gasteiger partial charge in [0.1, 0.15) is 5.69 Å². The van der Waals surface area contributed by atoms with Crippen LogP contribution in [0.4, 0.5) is 0 Å². The molecule has 0 radical (unpaired) electrons. The van der Waals surface area contributed by atoms with Gasteiger partial charge in [-0.2, -0.15) is 0 Å². The van der Waals surface area contributed by atoms with Crippen LogP contribution >= 0.6 is 0 Å². The second-order valence-electron chi connectivity index (χ2n) is 3.49. The fourth-order valence-electron chi connectivity index (χ4n) is 1.47. The first kappa shape index (κ1) is 13.6. The predicted molar refractivity (Wildman–Crippen MR) is 60.5 cm³/mol. The molecule has 7 nitrogen and oxygen atoms in total. The van der Waals surface area contributed by atoms with Crippen LogP contribution in [0.3, 0.4) is 0 Å². The SMILES string of the molecule is CCOCCn1nnc(C(N)=O)c1C(C)OC. The summed E-state index contributed by atoms with van der Waals surface area (Å²) in [4.78, 5) is 11.2. The lowest BCUT2D eigenvalue weighted by Crippen LogP contribution is -2.18. The maximum Gasteiger partial charge on any atom is 0.271 e. The molecule has 0 aliphatic rings. The first-order valence-electron chi connectivity index (χ1n) is 5.45. The monoisotopic (exact) mass is 242 g/mol. The third kappa shape index (κ3) is 3.24. The molecule has 0 fully saturated rings. The summed E-state index contributed by atoms with van der Waals surface area (Å²) in [5.41, 5.74) is 5.97. The van der Waals surface area contributed by atoms with Gasteiger partial charge in [0.15, 0.2) is 5.69 Å². The van der Waals surface area contributed by atoms with Crippen molar-refractivity contribution in [3.63, 3.8) is 0 Å². The summed E-state index contributed by atoms with van der Waals surface area (Å²) in [7, 11) is 1.55. The third-order valence-corrected chi connectivity index (χ3v) is 2.40. The van der Waals surface area contributed by atoms with Gasteiger partial charge in [-0.3, -0.25) is 4.79 Å². The topological polar surface area (TPSA) is 92.3 Å². The van der Waals surface area contributed by atoms with Crippen molar-refractivity contribution in [2.24, 2.45) is 5.73 Å². The van der Waals surface area contributed by atoms with Crippen molar-refractivity contribution in [1.82, 2.24) is 15.0 Å². The van der Waals surface area contributed by atoms with Crippen molar-refractivity contribution in [3.05, 3.63) is 11.4 Å². The number of nitrogens with two attached hydrogens (primary N) is 1. The molecule has 0 bridgehead atoms. The predicted octanol–water partition coefficient (Wildman–Crippen LogP) is 0.121. The summed E-state index contributed by atoms with van der Waals surface area (Å²) in [6.07, 6.45) is -0.297. The third-order valence-electron chi connectivity index (χ3n) is 2.40. The number of carbonyl (C=O) groups is 1. The van der Waals surface area contributed by atoms with E-state index in [-0.39, 0.29) is 11.8 Å². The second-order valence-corrected chi connectivity index (χ2v) is 3.49. The number of hydrogen-bond donors (Lipinski definition) is 1. The molecule has 0 aliphatic carbocycles. The number of rotatable bonds is 7. The number of primary amides is 1. The fraction of sp³-hybridized carbons (Fsp3) is 0.700. The van der Waals surface area contributed by atoms with Crippen LogP contribution in [0.5, 0.6) is 0 Å². The van der Waals surface area contributed by atoms with E-state index in [0.717, 1.165) is 0 Å². The number of hydrogen-bond acceptors (Lipinski definition) is 5. The summed E-state index contributed by atoms with van der Waals surface area (Å²) in [5.74, 6) is -0.605. The van der Waals surface area contributed by atoms with Crippen LogP contribution in [-0.2, 0) is 16.0 Å². The first-order valence-corrected chi connectivity index (χ1v) is 5.45. The average molecular weight is 242 g/mol. The lowest BCUT2D eigenvalue weighted by Gasteiger charge is -2.12. The van der Waals surface area contributed by atoms with Crippen molar-refractivity contribution < 1.29 is 14.3 Å². The van der Waals surface area contributed by atoms with E-state index >= 15 is 0 Å². The smallest absolute Gasteiger partial charge is 0.271 e. The van der Waals surface area contributed by atoms with Crippen LogP contribution < -0.4 is 5.73 Å². The van der Waals surface area contributed by atoms with E-state index in [1.165, 1.54) is 0 Å². The minimum Gasteiger partial charge on any atom is -0.380 e. The molecule has 1 atom stereocenters. The van der Waals surface area contributed by atoms with E-state index in [4.69, 9.17) is 15.2 Å². The molecule has 0 saturated heterocycles. The molecule has 17 heavy (non-hydrogen) atoms. The zero-order chi connectivity index (χ0) is 12.8. The second kappa shape index (κ2) is 6.31. The van der Waals surface area contributed by atoms with Crippen molar-refractivity contribution in [2.75, 3.05) is 20.3 Å². The molecule has 1 aromatic rings. The van der Waals surface area contributed by atoms with E-state index in [0.29, 0.717) is 25.5 Å². The van der Waals surface area contributed by atoms with Gasteiger partial charge in [0.05, 0.1) is 19.3 Å². The van der Waals surface area contributed by atoms with Crippen molar-refractivity contribution in [1.29, 1.82) is 0 Å². The van der Waals surface area contributed by atoms with Gasteiger partial charge in [-0.05, 0) is 13.8 Å². The minimum absolute atomic E-state index is 0.149. The average Bonchev–Trinajstić information content (AvgIpc) is 2.72. The van der Waals surface area contributed by atoms with Gasteiger partial charge in [0.2, 0.25) is 0 Å². The largest absolute Gasteiger partial charge is 0.380 e. The van der Waals surface area contributed by atoms with E-state index in [2.05, 4.69) is 10.3 Å². The van der Waals surface area contributed by atoms with Crippen LogP contribution in [0, 0.1) is 0 Å². The molecular formula is C10H18N4O3. The quantitative estimate of drug-likeness (QED) is 0.686. The number of methoxy groups -OCH3 is 1.